The van der Waals surface area contributed by atoms with Gasteiger partial charge < -0.3 is 5.32 Å². The van der Waals surface area contributed by atoms with Crippen molar-refractivity contribution in [3.05, 3.63) is 0 Å². The smallest absolute Gasteiger partial charge is 0.157 e. The molecule has 1 spiro atoms. The molecule has 2 atom stereocenters. The van der Waals surface area contributed by atoms with Crippen LogP contribution in [0.4, 0.5) is 0 Å². The van der Waals surface area contributed by atoms with Gasteiger partial charge in [0.2, 0.25) is 0 Å². The lowest BCUT2D eigenvalue weighted by Crippen LogP contribution is -2.47. The van der Waals surface area contributed by atoms with E-state index in [1.54, 1.807) is 0 Å². The van der Waals surface area contributed by atoms with Gasteiger partial charge in [-0.25, -0.2) is 0 Å². The van der Waals surface area contributed by atoms with Crippen molar-refractivity contribution in [2.24, 2.45) is 16.3 Å². The third-order valence-electron chi connectivity index (χ3n) is 5.67. The van der Waals surface area contributed by atoms with Crippen molar-refractivity contribution in [3.8, 4) is 0 Å². The standard InChI is InChI=1S/C16H28N2S/c1-3-15(7-5-8-15)11-17-14-18-16(12-19-14)9-4-6-13(2)10-16/h13H,3-12H2,1-2H3,(H,17,18). The van der Waals surface area contributed by atoms with E-state index < -0.39 is 0 Å². The summed E-state index contributed by atoms with van der Waals surface area (Å²) in [6.07, 6.45) is 11.0. The Morgan fingerprint density at radius 1 is 1.32 bits per heavy atom. The molecule has 2 saturated carbocycles. The zero-order chi connectivity index (χ0) is 13.3. The first-order chi connectivity index (χ1) is 9.15. The highest BCUT2D eigenvalue weighted by Crippen LogP contribution is 2.44. The Morgan fingerprint density at radius 3 is 2.79 bits per heavy atom. The Morgan fingerprint density at radius 2 is 2.16 bits per heavy atom. The first kappa shape index (κ1) is 13.8. The fraction of sp³-hybridized carbons (Fsp3) is 0.938. The highest BCUT2D eigenvalue weighted by atomic mass is 32.2. The number of hydrogen-bond acceptors (Lipinski definition) is 2. The molecule has 3 aliphatic rings. The van der Waals surface area contributed by atoms with Gasteiger partial charge in [0.05, 0.1) is 0 Å². The summed E-state index contributed by atoms with van der Waals surface area (Å²) < 4.78 is 0. The van der Waals surface area contributed by atoms with Gasteiger partial charge in [0.25, 0.3) is 0 Å². The molecule has 0 aromatic rings. The van der Waals surface area contributed by atoms with Gasteiger partial charge in [-0.2, -0.15) is 0 Å². The summed E-state index contributed by atoms with van der Waals surface area (Å²) in [7, 11) is 0. The maximum absolute atomic E-state index is 4.93. The second-order valence-electron chi connectivity index (χ2n) is 7.22. The number of nitrogens with one attached hydrogen (secondary N) is 1. The molecule has 3 rings (SSSR count). The van der Waals surface area contributed by atoms with Crippen molar-refractivity contribution in [2.75, 3.05) is 12.3 Å². The van der Waals surface area contributed by atoms with Crippen LogP contribution in [0, 0.1) is 11.3 Å². The van der Waals surface area contributed by atoms with E-state index in [4.69, 9.17) is 4.99 Å². The van der Waals surface area contributed by atoms with Crippen LogP contribution in [-0.4, -0.2) is 23.0 Å². The van der Waals surface area contributed by atoms with Gasteiger partial charge >= 0.3 is 0 Å². The minimum Gasteiger partial charge on any atom is -0.359 e. The van der Waals surface area contributed by atoms with E-state index in [9.17, 15) is 0 Å². The number of rotatable bonds is 3. The molecule has 2 nitrogen and oxygen atoms in total. The van der Waals surface area contributed by atoms with E-state index in [2.05, 4.69) is 19.2 Å². The van der Waals surface area contributed by atoms with Gasteiger partial charge in [-0.05, 0) is 43.4 Å². The fourth-order valence-electron chi connectivity index (χ4n) is 4.04. The number of thioether (sulfide) groups is 1. The van der Waals surface area contributed by atoms with Crippen LogP contribution in [0.15, 0.2) is 4.99 Å². The first-order valence-corrected chi connectivity index (χ1v) is 9.09. The molecule has 3 fully saturated rings. The topological polar surface area (TPSA) is 24.4 Å². The number of hydrogen-bond donors (Lipinski definition) is 1. The van der Waals surface area contributed by atoms with Crippen molar-refractivity contribution in [2.45, 2.75) is 70.8 Å². The van der Waals surface area contributed by atoms with Crippen molar-refractivity contribution in [3.63, 3.8) is 0 Å². The van der Waals surface area contributed by atoms with Gasteiger partial charge in [0.15, 0.2) is 5.17 Å². The summed E-state index contributed by atoms with van der Waals surface area (Å²) in [6.45, 7) is 5.80. The van der Waals surface area contributed by atoms with Crippen LogP contribution in [0.5, 0.6) is 0 Å². The molecule has 0 aromatic heterocycles. The van der Waals surface area contributed by atoms with E-state index in [1.165, 1.54) is 62.3 Å². The Bertz CT molecular complexity index is 356. The van der Waals surface area contributed by atoms with E-state index in [1.807, 2.05) is 11.8 Å². The van der Waals surface area contributed by atoms with Crippen LogP contribution in [-0.2, 0) is 0 Å². The SMILES string of the molecule is CCC1(CN=C2NC3(CCCC(C)C3)CS2)CCC1. The minimum atomic E-state index is 0.389. The van der Waals surface area contributed by atoms with Crippen LogP contribution < -0.4 is 5.32 Å². The number of amidine groups is 1. The maximum Gasteiger partial charge on any atom is 0.157 e. The molecule has 19 heavy (non-hydrogen) atoms. The van der Waals surface area contributed by atoms with Crippen LogP contribution >= 0.6 is 11.8 Å². The molecule has 108 valence electrons. The van der Waals surface area contributed by atoms with Gasteiger partial charge in [0.1, 0.15) is 0 Å². The summed E-state index contributed by atoms with van der Waals surface area (Å²) in [6, 6.07) is 0. The quantitative estimate of drug-likeness (QED) is 0.837. The molecule has 2 unspecified atom stereocenters. The highest BCUT2D eigenvalue weighted by Gasteiger charge is 2.41. The molecular weight excluding hydrogens is 252 g/mol. The monoisotopic (exact) mass is 280 g/mol. The van der Waals surface area contributed by atoms with Crippen LogP contribution in [0.2, 0.25) is 0 Å². The summed E-state index contributed by atoms with van der Waals surface area (Å²) in [4.78, 5) is 4.93. The van der Waals surface area contributed by atoms with Crippen molar-refractivity contribution < 1.29 is 0 Å². The Labute approximate surface area is 122 Å². The zero-order valence-electron chi connectivity index (χ0n) is 12.5. The maximum atomic E-state index is 4.93. The second kappa shape index (κ2) is 5.31. The zero-order valence-corrected chi connectivity index (χ0v) is 13.3. The molecule has 0 aromatic carbocycles. The average molecular weight is 280 g/mol. The third kappa shape index (κ3) is 2.81. The lowest BCUT2D eigenvalue weighted by atomic mass is 9.67. The summed E-state index contributed by atoms with van der Waals surface area (Å²) in [5.41, 5.74) is 0.949. The van der Waals surface area contributed by atoms with Crippen molar-refractivity contribution >= 4 is 16.9 Å². The van der Waals surface area contributed by atoms with E-state index in [0.717, 1.165) is 12.5 Å². The summed E-state index contributed by atoms with van der Waals surface area (Å²) in [5, 5.41) is 5.04. The molecular formula is C16H28N2S. The number of nitrogens with zero attached hydrogens (tertiary/aromatic N) is 1. The second-order valence-corrected chi connectivity index (χ2v) is 8.19. The molecule has 0 radical (unpaired) electrons. The molecule has 0 bridgehead atoms. The van der Waals surface area contributed by atoms with E-state index >= 15 is 0 Å². The molecule has 1 heterocycles. The van der Waals surface area contributed by atoms with E-state index in [0.29, 0.717) is 11.0 Å². The lowest BCUT2D eigenvalue weighted by molar-refractivity contribution is 0.139. The first-order valence-electron chi connectivity index (χ1n) is 8.11. The predicted molar refractivity (Wildman–Crippen MR) is 84.8 cm³/mol. The highest BCUT2D eigenvalue weighted by molar-refractivity contribution is 8.14. The lowest BCUT2D eigenvalue weighted by Gasteiger charge is -2.40. The average Bonchev–Trinajstić information content (AvgIpc) is 2.71. The van der Waals surface area contributed by atoms with Crippen LogP contribution in [0.3, 0.4) is 0 Å². The summed E-state index contributed by atoms with van der Waals surface area (Å²) in [5.74, 6) is 2.13. The molecule has 1 saturated heterocycles. The Hall–Kier alpha value is -0.180. The van der Waals surface area contributed by atoms with Gasteiger partial charge in [-0.3, -0.25) is 4.99 Å². The number of aliphatic imine (C=N–C) groups is 1. The Balaban J connectivity index is 1.59. The van der Waals surface area contributed by atoms with Gasteiger partial charge in [-0.15, -0.1) is 0 Å². The van der Waals surface area contributed by atoms with Crippen LogP contribution in [0.25, 0.3) is 0 Å². The normalized spacial score (nSPS) is 39.3. The van der Waals surface area contributed by atoms with E-state index in [-0.39, 0.29) is 0 Å². The largest absolute Gasteiger partial charge is 0.359 e. The third-order valence-corrected chi connectivity index (χ3v) is 6.87. The molecule has 2 aliphatic carbocycles. The molecule has 0 amide bonds. The minimum absolute atomic E-state index is 0.389. The predicted octanol–water partition coefficient (Wildman–Crippen LogP) is 4.21. The molecule has 3 heteroatoms. The summed E-state index contributed by atoms with van der Waals surface area (Å²) >= 11 is 1.97. The molecule has 1 N–H and O–H groups in total. The van der Waals surface area contributed by atoms with Gasteiger partial charge in [-0.1, -0.05) is 44.9 Å². The van der Waals surface area contributed by atoms with Crippen LogP contribution in [0.1, 0.15) is 65.2 Å². The Kier molecular flexibility index (Phi) is 3.85. The fourth-order valence-corrected chi connectivity index (χ4v) is 5.23. The van der Waals surface area contributed by atoms with Crippen molar-refractivity contribution in [1.29, 1.82) is 0 Å². The van der Waals surface area contributed by atoms with Gasteiger partial charge in [0, 0.05) is 17.8 Å². The molecule has 1 aliphatic heterocycles. The van der Waals surface area contributed by atoms with Crippen molar-refractivity contribution in [1.82, 2.24) is 5.32 Å².